The largest absolute Gasteiger partial charge is 0.469 e. The molecule has 1 saturated heterocycles. The summed E-state index contributed by atoms with van der Waals surface area (Å²) in [6.07, 6.45) is 6.17. The van der Waals surface area contributed by atoms with Gasteiger partial charge in [-0.05, 0) is 31.4 Å². The maximum Gasteiger partial charge on any atom is 0.223 e. The molecule has 1 aliphatic heterocycles. The Hall–Kier alpha value is -1.29. The topological polar surface area (TPSA) is 59.5 Å². The summed E-state index contributed by atoms with van der Waals surface area (Å²) in [4.78, 5) is 14.0. The van der Waals surface area contributed by atoms with E-state index in [4.69, 9.17) is 10.2 Å². The fraction of sp³-hybridized carbons (Fsp3) is 0.615. The predicted molar refractivity (Wildman–Crippen MR) is 65.4 cm³/mol. The summed E-state index contributed by atoms with van der Waals surface area (Å²) >= 11 is 0. The summed E-state index contributed by atoms with van der Waals surface area (Å²) in [5.74, 6) is 1.08. The zero-order valence-electron chi connectivity index (χ0n) is 10.1. The molecule has 1 unspecified atom stereocenters. The SMILES string of the molecule is NCC1CCCCN1C(=O)CCc1ccco1. The number of aryl methyl sites for hydroxylation is 1. The van der Waals surface area contributed by atoms with E-state index < -0.39 is 0 Å². The van der Waals surface area contributed by atoms with Crippen LogP contribution in [0.25, 0.3) is 0 Å². The number of furan rings is 1. The van der Waals surface area contributed by atoms with Gasteiger partial charge in [0.2, 0.25) is 5.91 Å². The zero-order valence-corrected chi connectivity index (χ0v) is 10.1. The van der Waals surface area contributed by atoms with E-state index in [1.165, 1.54) is 6.42 Å². The highest BCUT2D eigenvalue weighted by atomic mass is 16.3. The molecule has 0 saturated carbocycles. The number of amides is 1. The summed E-state index contributed by atoms with van der Waals surface area (Å²) in [7, 11) is 0. The molecule has 1 aromatic heterocycles. The van der Waals surface area contributed by atoms with E-state index in [0.717, 1.165) is 25.1 Å². The molecule has 4 heteroatoms. The van der Waals surface area contributed by atoms with Gasteiger partial charge in [0.25, 0.3) is 0 Å². The lowest BCUT2D eigenvalue weighted by atomic mass is 10.0. The van der Waals surface area contributed by atoms with Crippen molar-refractivity contribution in [3.63, 3.8) is 0 Å². The molecule has 94 valence electrons. The van der Waals surface area contributed by atoms with Crippen LogP contribution < -0.4 is 5.73 Å². The average molecular weight is 236 g/mol. The van der Waals surface area contributed by atoms with Gasteiger partial charge >= 0.3 is 0 Å². The monoisotopic (exact) mass is 236 g/mol. The van der Waals surface area contributed by atoms with Gasteiger partial charge < -0.3 is 15.1 Å². The third-order valence-corrected chi connectivity index (χ3v) is 3.38. The molecule has 2 heterocycles. The first-order valence-electron chi connectivity index (χ1n) is 6.33. The summed E-state index contributed by atoms with van der Waals surface area (Å²) in [5.41, 5.74) is 5.71. The molecule has 2 N–H and O–H groups in total. The quantitative estimate of drug-likeness (QED) is 0.863. The number of nitrogens with zero attached hydrogens (tertiary/aromatic N) is 1. The summed E-state index contributed by atoms with van der Waals surface area (Å²) in [6, 6.07) is 4.00. The van der Waals surface area contributed by atoms with Crippen molar-refractivity contribution in [2.75, 3.05) is 13.1 Å². The highest BCUT2D eigenvalue weighted by Crippen LogP contribution is 2.17. The van der Waals surface area contributed by atoms with Crippen LogP contribution in [0.15, 0.2) is 22.8 Å². The molecule has 1 amide bonds. The van der Waals surface area contributed by atoms with Crippen LogP contribution in [0.2, 0.25) is 0 Å². The number of likely N-dealkylation sites (tertiary alicyclic amines) is 1. The molecule has 0 aromatic carbocycles. The molecule has 0 bridgehead atoms. The first-order valence-corrected chi connectivity index (χ1v) is 6.33. The number of nitrogens with two attached hydrogens (primary N) is 1. The van der Waals surface area contributed by atoms with E-state index in [9.17, 15) is 4.79 Å². The predicted octanol–water partition coefficient (Wildman–Crippen LogP) is 1.55. The van der Waals surface area contributed by atoms with Gasteiger partial charge in [-0.3, -0.25) is 4.79 Å². The first kappa shape index (κ1) is 12.2. The highest BCUT2D eigenvalue weighted by Gasteiger charge is 2.25. The van der Waals surface area contributed by atoms with Crippen LogP contribution in [0.1, 0.15) is 31.4 Å². The number of carbonyl (C=O) groups is 1. The average Bonchev–Trinajstić information content (AvgIpc) is 2.89. The van der Waals surface area contributed by atoms with Gasteiger partial charge in [0.15, 0.2) is 0 Å². The Morgan fingerprint density at radius 1 is 1.53 bits per heavy atom. The Bertz CT molecular complexity index is 348. The van der Waals surface area contributed by atoms with Crippen LogP contribution >= 0.6 is 0 Å². The van der Waals surface area contributed by atoms with Crippen molar-refractivity contribution in [2.24, 2.45) is 5.73 Å². The van der Waals surface area contributed by atoms with E-state index in [-0.39, 0.29) is 11.9 Å². The Kier molecular flexibility index (Phi) is 4.20. The van der Waals surface area contributed by atoms with E-state index in [1.807, 2.05) is 17.0 Å². The number of rotatable bonds is 4. The maximum atomic E-state index is 12.1. The van der Waals surface area contributed by atoms with Gasteiger partial charge in [-0.15, -0.1) is 0 Å². The smallest absolute Gasteiger partial charge is 0.223 e. The van der Waals surface area contributed by atoms with E-state index >= 15 is 0 Å². The molecule has 4 nitrogen and oxygen atoms in total. The minimum absolute atomic E-state index is 0.205. The van der Waals surface area contributed by atoms with Crippen molar-refractivity contribution in [1.82, 2.24) is 4.90 Å². The minimum Gasteiger partial charge on any atom is -0.469 e. The summed E-state index contributed by atoms with van der Waals surface area (Å²) in [5, 5.41) is 0. The van der Waals surface area contributed by atoms with E-state index in [0.29, 0.717) is 19.4 Å². The van der Waals surface area contributed by atoms with E-state index in [1.54, 1.807) is 6.26 Å². The molecule has 2 rings (SSSR count). The lowest BCUT2D eigenvalue weighted by Gasteiger charge is -2.35. The second-order valence-corrected chi connectivity index (χ2v) is 4.55. The van der Waals surface area contributed by atoms with Crippen molar-refractivity contribution in [3.8, 4) is 0 Å². The molecule has 1 fully saturated rings. The van der Waals surface area contributed by atoms with Crippen molar-refractivity contribution in [2.45, 2.75) is 38.1 Å². The Morgan fingerprint density at radius 2 is 2.41 bits per heavy atom. The third-order valence-electron chi connectivity index (χ3n) is 3.38. The molecule has 0 spiro atoms. The second-order valence-electron chi connectivity index (χ2n) is 4.55. The van der Waals surface area contributed by atoms with Crippen LogP contribution in [0.4, 0.5) is 0 Å². The number of piperidine rings is 1. The summed E-state index contributed by atoms with van der Waals surface area (Å²) < 4.78 is 5.23. The molecular formula is C13H20N2O2. The van der Waals surface area contributed by atoms with Crippen molar-refractivity contribution in [3.05, 3.63) is 24.2 Å². The number of hydrogen-bond acceptors (Lipinski definition) is 3. The molecule has 1 aromatic rings. The van der Waals surface area contributed by atoms with Crippen LogP contribution in [-0.4, -0.2) is 29.9 Å². The number of carbonyl (C=O) groups excluding carboxylic acids is 1. The second kappa shape index (κ2) is 5.87. The van der Waals surface area contributed by atoms with Gasteiger partial charge in [0.05, 0.1) is 6.26 Å². The Labute approximate surface area is 102 Å². The lowest BCUT2D eigenvalue weighted by Crippen LogP contribution is -2.47. The Balaban J connectivity index is 1.85. The lowest BCUT2D eigenvalue weighted by molar-refractivity contribution is -0.134. The van der Waals surface area contributed by atoms with Gasteiger partial charge in [0, 0.05) is 32.0 Å². The highest BCUT2D eigenvalue weighted by molar-refractivity contribution is 5.76. The fourth-order valence-electron chi connectivity index (χ4n) is 2.40. The molecule has 0 radical (unpaired) electrons. The third kappa shape index (κ3) is 3.09. The molecule has 17 heavy (non-hydrogen) atoms. The zero-order chi connectivity index (χ0) is 12.1. The van der Waals surface area contributed by atoms with Crippen molar-refractivity contribution in [1.29, 1.82) is 0 Å². The van der Waals surface area contributed by atoms with Crippen LogP contribution in [0.5, 0.6) is 0 Å². The molecule has 1 atom stereocenters. The standard InChI is InChI=1S/C13H20N2O2/c14-10-11-4-1-2-8-15(11)13(16)7-6-12-5-3-9-17-12/h3,5,9,11H,1-2,4,6-8,10,14H2. The van der Waals surface area contributed by atoms with E-state index in [2.05, 4.69) is 0 Å². The van der Waals surface area contributed by atoms with Gasteiger partial charge in [-0.25, -0.2) is 0 Å². The van der Waals surface area contributed by atoms with Gasteiger partial charge in [-0.1, -0.05) is 0 Å². The molecular weight excluding hydrogens is 216 g/mol. The summed E-state index contributed by atoms with van der Waals surface area (Å²) in [6.45, 7) is 1.44. The van der Waals surface area contributed by atoms with Gasteiger partial charge in [0.1, 0.15) is 5.76 Å². The maximum absolute atomic E-state index is 12.1. The minimum atomic E-state index is 0.205. The van der Waals surface area contributed by atoms with Crippen molar-refractivity contribution >= 4 is 5.91 Å². The van der Waals surface area contributed by atoms with Crippen molar-refractivity contribution < 1.29 is 9.21 Å². The van der Waals surface area contributed by atoms with Crippen LogP contribution in [0, 0.1) is 0 Å². The van der Waals surface area contributed by atoms with Crippen LogP contribution in [0.3, 0.4) is 0 Å². The fourth-order valence-corrected chi connectivity index (χ4v) is 2.40. The normalized spacial score (nSPS) is 20.5. The Morgan fingerprint density at radius 3 is 3.12 bits per heavy atom. The number of hydrogen-bond donors (Lipinski definition) is 1. The van der Waals surface area contributed by atoms with Gasteiger partial charge in [-0.2, -0.15) is 0 Å². The van der Waals surface area contributed by atoms with Crippen LogP contribution in [-0.2, 0) is 11.2 Å². The first-order chi connectivity index (χ1) is 8.31. The molecule has 1 aliphatic rings. The molecule has 0 aliphatic carbocycles.